The number of ether oxygens (including phenoxy) is 2. The normalized spacial score (nSPS) is 14.5. The van der Waals surface area contributed by atoms with Crippen LogP contribution in [-0.4, -0.2) is 72.0 Å². The van der Waals surface area contributed by atoms with Crippen LogP contribution in [0.1, 0.15) is 55.4 Å². The number of nitrogens with zero attached hydrogens (tertiary/aromatic N) is 2. The first-order valence-electron chi connectivity index (χ1n) is 10.9. The van der Waals surface area contributed by atoms with E-state index < -0.39 is 26.4 Å². The van der Waals surface area contributed by atoms with Crippen LogP contribution in [0.25, 0.3) is 0 Å². The molecule has 0 heterocycles. The summed E-state index contributed by atoms with van der Waals surface area (Å²) in [6.07, 6.45) is 1.36. The van der Waals surface area contributed by atoms with Gasteiger partial charge in [-0.1, -0.05) is 19.6 Å². The first-order valence-corrected chi connectivity index (χ1v) is 14.5. The number of rotatable bonds is 10. The summed E-state index contributed by atoms with van der Waals surface area (Å²) in [5, 5.41) is 10.7. The topological polar surface area (TPSA) is 79.3 Å². The Balaban J connectivity index is 5.15. The highest BCUT2D eigenvalue weighted by molar-refractivity contribution is 6.78. The molecule has 0 aromatic carbocycles. The van der Waals surface area contributed by atoms with E-state index in [-0.39, 0.29) is 36.3 Å². The molecule has 0 saturated carbocycles. The van der Waals surface area contributed by atoms with Gasteiger partial charge in [-0.3, -0.25) is 0 Å². The lowest BCUT2D eigenvalue weighted by atomic mass is 10.2. The molecule has 2 atom stereocenters. The summed E-state index contributed by atoms with van der Waals surface area (Å²) in [6, 6.07) is 0.0558. The Morgan fingerprint density at radius 1 is 0.833 bits per heavy atom. The number of hydrogen-bond acceptors (Lipinski definition) is 5. The highest BCUT2D eigenvalue weighted by Gasteiger charge is 2.33. The SMILES string of the molecule is CC(C)N(C(=O)O/C=C/[C@H]([C@@H](O)COC(=O)N(C(C)C)C(C)C)[Si](C)(C)C)C(C)C. The lowest BCUT2D eigenvalue weighted by Gasteiger charge is -2.33. The smallest absolute Gasteiger partial charge is 0.415 e. The van der Waals surface area contributed by atoms with Crippen LogP contribution in [0.15, 0.2) is 12.3 Å². The van der Waals surface area contributed by atoms with E-state index in [0.717, 1.165) is 0 Å². The summed E-state index contributed by atoms with van der Waals surface area (Å²) in [4.78, 5) is 28.1. The van der Waals surface area contributed by atoms with E-state index in [0.29, 0.717) is 0 Å². The maximum Gasteiger partial charge on any atom is 0.415 e. The van der Waals surface area contributed by atoms with E-state index in [9.17, 15) is 14.7 Å². The fourth-order valence-corrected chi connectivity index (χ4v) is 5.51. The molecule has 0 bridgehead atoms. The van der Waals surface area contributed by atoms with Crippen LogP contribution in [0.5, 0.6) is 0 Å². The molecule has 0 saturated heterocycles. The van der Waals surface area contributed by atoms with Crippen LogP contribution in [0.3, 0.4) is 0 Å². The Morgan fingerprint density at radius 2 is 1.23 bits per heavy atom. The summed E-state index contributed by atoms with van der Waals surface area (Å²) >= 11 is 0. The Hall–Kier alpha value is -1.54. The lowest BCUT2D eigenvalue weighted by molar-refractivity contribution is 0.0362. The van der Waals surface area contributed by atoms with Gasteiger partial charge in [0.25, 0.3) is 0 Å². The van der Waals surface area contributed by atoms with Gasteiger partial charge in [0.2, 0.25) is 0 Å². The molecule has 1 N–H and O–H groups in total. The zero-order chi connectivity index (χ0) is 23.8. The van der Waals surface area contributed by atoms with Gasteiger partial charge in [0.15, 0.2) is 0 Å². The number of amides is 2. The van der Waals surface area contributed by atoms with Crippen LogP contribution in [0, 0.1) is 0 Å². The van der Waals surface area contributed by atoms with Gasteiger partial charge in [-0.05, 0) is 61.5 Å². The number of hydrogen-bond donors (Lipinski definition) is 1. The van der Waals surface area contributed by atoms with E-state index >= 15 is 0 Å². The molecule has 0 unspecified atom stereocenters. The van der Waals surface area contributed by atoms with Crippen molar-refractivity contribution < 1.29 is 24.2 Å². The first-order chi connectivity index (χ1) is 13.6. The Bertz CT molecular complexity index is 554. The Labute approximate surface area is 184 Å². The number of aliphatic hydroxyl groups is 1. The van der Waals surface area contributed by atoms with E-state index in [4.69, 9.17) is 9.47 Å². The molecule has 0 aromatic rings. The van der Waals surface area contributed by atoms with Crippen molar-refractivity contribution in [2.24, 2.45) is 0 Å². The summed E-state index contributed by atoms with van der Waals surface area (Å²) in [6.45, 7) is 21.7. The highest BCUT2D eigenvalue weighted by atomic mass is 28.3. The molecule has 2 amide bonds. The molecular weight excluding hydrogens is 400 g/mol. The van der Waals surface area contributed by atoms with Crippen molar-refractivity contribution in [3.05, 3.63) is 12.3 Å². The fraction of sp³-hybridized carbons (Fsp3) is 0.818. The quantitative estimate of drug-likeness (QED) is 0.375. The molecule has 0 aromatic heterocycles. The summed E-state index contributed by atoms with van der Waals surface area (Å²) < 4.78 is 10.7. The standard InChI is InChI=1S/C22H44N2O5Si/c1-15(2)23(16(3)4)21(26)28-13-12-20(30(9,10)11)19(25)14-29-22(27)24(17(5)6)18(7)8/h12-13,15-20,25H,14H2,1-11H3/b13-12+/t19-,20+/m0/s1. The molecule has 0 radical (unpaired) electrons. The van der Waals surface area contributed by atoms with E-state index in [1.165, 1.54) is 6.26 Å². The lowest BCUT2D eigenvalue weighted by Crippen LogP contribution is -2.44. The number of carbonyl (C=O) groups is 2. The Morgan fingerprint density at radius 3 is 1.60 bits per heavy atom. The van der Waals surface area contributed by atoms with Gasteiger partial charge in [-0.25, -0.2) is 9.59 Å². The number of carbonyl (C=O) groups excluding carboxylic acids is 2. The molecule has 176 valence electrons. The Kier molecular flexibility index (Phi) is 11.7. The molecule has 8 heteroatoms. The average molecular weight is 445 g/mol. The van der Waals surface area contributed by atoms with E-state index in [2.05, 4.69) is 19.6 Å². The highest BCUT2D eigenvalue weighted by Crippen LogP contribution is 2.28. The van der Waals surface area contributed by atoms with E-state index in [1.54, 1.807) is 15.9 Å². The molecule has 0 aliphatic heterocycles. The summed E-state index contributed by atoms with van der Waals surface area (Å²) in [7, 11) is -1.88. The monoisotopic (exact) mass is 444 g/mol. The maximum absolute atomic E-state index is 12.4. The van der Waals surface area contributed by atoms with Crippen molar-refractivity contribution in [2.45, 2.75) is 111 Å². The van der Waals surface area contributed by atoms with Gasteiger partial charge >= 0.3 is 12.2 Å². The molecular formula is C22H44N2O5Si. The molecule has 30 heavy (non-hydrogen) atoms. The zero-order valence-electron chi connectivity index (χ0n) is 20.8. The third-order valence-electron chi connectivity index (χ3n) is 4.89. The second kappa shape index (κ2) is 12.3. The van der Waals surface area contributed by atoms with Crippen LogP contribution in [-0.2, 0) is 9.47 Å². The fourth-order valence-electron chi connectivity index (χ4n) is 3.61. The summed E-state index contributed by atoms with van der Waals surface area (Å²) in [5.74, 6) is 0. The molecule has 0 spiro atoms. The van der Waals surface area contributed by atoms with Crippen LogP contribution in [0.2, 0.25) is 25.2 Å². The largest absolute Gasteiger partial charge is 0.447 e. The third-order valence-corrected chi connectivity index (χ3v) is 7.47. The van der Waals surface area contributed by atoms with Gasteiger partial charge in [0, 0.05) is 29.7 Å². The summed E-state index contributed by atoms with van der Waals surface area (Å²) in [5.41, 5.74) is -0.240. The van der Waals surface area contributed by atoms with Gasteiger partial charge in [-0.15, -0.1) is 0 Å². The molecule has 7 nitrogen and oxygen atoms in total. The second-order valence-corrected chi connectivity index (χ2v) is 15.3. The van der Waals surface area contributed by atoms with Crippen molar-refractivity contribution in [3.63, 3.8) is 0 Å². The van der Waals surface area contributed by atoms with Crippen molar-refractivity contribution in [1.82, 2.24) is 9.80 Å². The molecule has 0 fully saturated rings. The van der Waals surface area contributed by atoms with Crippen LogP contribution < -0.4 is 0 Å². The minimum Gasteiger partial charge on any atom is -0.447 e. The van der Waals surface area contributed by atoms with Crippen molar-refractivity contribution >= 4 is 20.3 Å². The van der Waals surface area contributed by atoms with Gasteiger partial charge in [0.05, 0.1) is 20.4 Å². The first kappa shape index (κ1) is 28.5. The molecule has 0 aliphatic rings. The zero-order valence-corrected chi connectivity index (χ0v) is 21.8. The van der Waals surface area contributed by atoms with Gasteiger partial charge < -0.3 is 24.4 Å². The van der Waals surface area contributed by atoms with Crippen LogP contribution in [0.4, 0.5) is 9.59 Å². The van der Waals surface area contributed by atoms with Crippen molar-refractivity contribution in [1.29, 1.82) is 0 Å². The minimum atomic E-state index is -1.88. The van der Waals surface area contributed by atoms with Gasteiger partial charge in [-0.2, -0.15) is 0 Å². The van der Waals surface area contributed by atoms with Gasteiger partial charge in [0.1, 0.15) is 6.61 Å². The third kappa shape index (κ3) is 9.08. The van der Waals surface area contributed by atoms with Crippen molar-refractivity contribution in [2.75, 3.05) is 6.61 Å². The predicted molar refractivity (Wildman–Crippen MR) is 124 cm³/mol. The molecule has 0 rings (SSSR count). The number of aliphatic hydroxyl groups excluding tert-OH is 1. The maximum atomic E-state index is 12.4. The van der Waals surface area contributed by atoms with Crippen LogP contribution >= 0.6 is 0 Å². The second-order valence-electron chi connectivity index (χ2n) is 9.94. The molecule has 0 aliphatic carbocycles. The predicted octanol–water partition coefficient (Wildman–Crippen LogP) is 5.08. The van der Waals surface area contributed by atoms with E-state index in [1.807, 2.05) is 55.4 Å². The van der Waals surface area contributed by atoms with Crippen molar-refractivity contribution in [3.8, 4) is 0 Å². The average Bonchev–Trinajstić information content (AvgIpc) is 2.54. The minimum absolute atomic E-state index is 0.00611.